The van der Waals surface area contributed by atoms with Gasteiger partial charge in [0, 0.05) is 37.4 Å². The van der Waals surface area contributed by atoms with Crippen molar-refractivity contribution in [3.05, 3.63) is 65.7 Å². The maximum absolute atomic E-state index is 13.2. The predicted molar refractivity (Wildman–Crippen MR) is 120 cm³/mol. The van der Waals surface area contributed by atoms with Gasteiger partial charge in [0.15, 0.2) is 9.84 Å². The van der Waals surface area contributed by atoms with Crippen LogP contribution >= 0.6 is 0 Å². The third-order valence-electron chi connectivity index (χ3n) is 5.90. The summed E-state index contributed by atoms with van der Waals surface area (Å²) in [5.41, 5.74) is 2.04. The van der Waals surface area contributed by atoms with E-state index in [-0.39, 0.29) is 23.3 Å². The van der Waals surface area contributed by atoms with Crippen LogP contribution in [0.3, 0.4) is 0 Å². The SMILES string of the molecule is O=C(Nc1ccc(C(=O)N2CCCC2)cc1)C(c1ccccc1)N1CCS(=O)(=O)CC1. The van der Waals surface area contributed by atoms with Gasteiger partial charge < -0.3 is 10.2 Å². The largest absolute Gasteiger partial charge is 0.339 e. The Labute approximate surface area is 183 Å². The number of carbonyl (C=O) groups excluding carboxylic acids is 2. The first-order valence-electron chi connectivity index (χ1n) is 10.6. The van der Waals surface area contributed by atoms with Crippen LogP contribution in [0, 0.1) is 0 Å². The van der Waals surface area contributed by atoms with Gasteiger partial charge in [-0.2, -0.15) is 0 Å². The summed E-state index contributed by atoms with van der Waals surface area (Å²) in [5.74, 6) is -0.0930. The summed E-state index contributed by atoms with van der Waals surface area (Å²) in [7, 11) is -3.05. The molecule has 0 radical (unpaired) electrons. The van der Waals surface area contributed by atoms with Gasteiger partial charge in [0.1, 0.15) is 6.04 Å². The molecule has 2 amide bonds. The first kappa shape index (κ1) is 21.5. The summed E-state index contributed by atoms with van der Waals surface area (Å²) in [6, 6.07) is 15.8. The fraction of sp³-hybridized carbons (Fsp3) is 0.391. The maximum Gasteiger partial charge on any atom is 0.253 e. The number of hydrogen-bond donors (Lipinski definition) is 1. The lowest BCUT2D eigenvalue weighted by atomic mass is 10.0. The van der Waals surface area contributed by atoms with Gasteiger partial charge in [-0.25, -0.2) is 8.42 Å². The molecule has 1 atom stereocenters. The number of likely N-dealkylation sites (tertiary alicyclic amines) is 1. The molecule has 0 aromatic heterocycles. The first-order valence-corrected chi connectivity index (χ1v) is 12.4. The van der Waals surface area contributed by atoms with Gasteiger partial charge >= 0.3 is 0 Å². The molecule has 2 aromatic rings. The molecule has 2 saturated heterocycles. The zero-order valence-corrected chi connectivity index (χ0v) is 18.2. The second-order valence-corrected chi connectivity index (χ2v) is 10.4. The minimum Gasteiger partial charge on any atom is -0.339 e. The summed E-state index contributed by atoms with van der Waals surface area (Å²) in [4.78, 5) is 29.5. The maximum atomic E-state index is 13.2. The third-order valence-corrected chi connectivity index (χ3v) is 7.51. The van der Waals surface area contributed by atoms with E-state index in [0.717, 1.165) is 31.5 Å². The van der Waals surface area contributed by atoms with Crippen molar-refractivity contribution in [1.82, 2.24) is 9.80 Å². The van der Waals surface area contributed by atoms with Gasteiger partial charge in [-0.3, -0.25) is 14.5 Å². The number of amides is 2. The van der Waals surface area contributed by atoms with Crippen molar-refractivity contribution in [2.24, 2.45) is 0 Å². The van der Waals surface area contributed by atoms with Gasteiger partial charge in [-0.15, -0.1) is 0 Å². The number of nitrogens with one attached hydrogen (secondary N) is 1. The van der Waals surface area contributed by atoms with Crippen molar-refractivity contribution in [1.29, 1.82) is 0 Å². The fourth-order valence-corrected chi connectivity index (χ4v) is 5.39. The lowest BCUT2D eigenvalue weighted by molar-refractivity contribution is -0.121. The second-order valence-electron chi connectivity index (χ2n) is 8.07. The Hall–Kier alpha value is -2.71. The molecule has 31 heavy (non-hydrogen) atoms. The third kappa shape index (κ3) is 5.14. The smallest absolute Gasteiger partial charge is 0.253 e. The monoisotopic (exact) mass is 441 g/mol. The van der Waals surface area contributed by atoms with E-state index in [2.05, 4.69) is 5.32 Å². The number of anilines is 1. The van der Waals surface area contributed by atoms with E-state index in [0.29, 0.717) is 24.3 Å². The zero-order chi connectivity index (χ0) is 21.8. The van der Waals surface area contributed by atoms with Gasteiger partial charge in [0.05, 0.1) is 11.5 Å². The molecule has 0 aliphatic carbocycles. The molecule has 0 saturated carbocycles. The van der Waals surface area contributed by atoms with E-state index < -0.39 is 15.9 Å². The Morgan fingerprint density at radius 1 is 0.839 bits per heavy atom. The van der Waals surface area contributed by atoms with Crippen LogP contribution in [-0.2, 0) is 14.6 Å². The summed E-state index contributed by atoms with van der Waals surface area (Å²) in [5, 5.41) is 2.94. The van der Waals surface area contributed by atoms with E-state index in [1.54, 1.807) is 24.3 Å². The molecule has 0 spiro atoms. The number of carbonyl (C=O) groups is 2. The normalized spacial score (nSPS) is 19.7. The van der Waals surface area contributed by atoms with Crippen LogP contribution in [0.25, 0.3) is 0 Å². The van der Waals surface area contributed by atoms with E-state index in [9.17, 15) is 18.0 Å². The van der Waals surface area contributed by atoms with Gasteiger partial charge in [-0.05, 0) is 42.7 Å². The molecular formula is C23H27N3O4S. The zero-order valence-electron chi connectivity index (χ0n) is 17.4. The molecule has 1 unspecified atom stereocenters. The highest BCUT2D eigenvalue weighted by Gasteiger charge is 2.32. The van der Waals surface area contributed by atoms with Gasteiger partial charge in [0.2, 0.25) is 5.91 Å². The Morgan fingerprint density at radius 2 is 1.45 bits per heavy atom. The van der Waals surface area contributed by atoms with Crippen LogP contribution in [0.4, 0.5) is 5.69 Å². The molecule has 2 fully saturated rings. The fourth-order valence-electron chi connectivity index (χ4n) is 4.16. The summed E-state index contributed by atoms with van der Waals surface area (Å²) in [6.07, 6.45) is 2.08. The Bertz CT molecular complexity index is 1020. The second kappa shape index (κ2) is 9.20. The van der Waals surface area contributed by atoms with Crippen molar-refractivity contribution in [3.63, 3.8) is 0 Å². The minimum atomic E-state index is -3.05. The van der Waals surface area contributed by atoms with Crippen molar-refractivity contribution >= 4 is 27.3 Å². The van der Waals surface area contributed by atoms with Crippen LogP contribution in [0.1, 0.15) is 34.8 Å². The Kier molecular flexibility index (Phi) is 6.38. The first-order chi connectivity index (χ1) is 14.9. The minimum absolute atomic E-state index is 0.0204. The summed E-state index contributed by atoms with van der Waals surface area (Å²) < 4.78 is 23.7. The molecule has 2 aromatic carbocycles. The summed E-state index contributed by atoms with van der Waals surface area (Å²) >= 11 is 0. The van der Waals surface area contributed by atoms with E-state index in [1.165, 1.54) is 0 Å². The Balaban J connectivity index is 1.49. The highest BCUT2D eigenvalue weighted by molar-refractivity contribution is 7.91. The van der Waals surface area contributed by atoms with Crippen LogP contribution in [0.2, 0.25) is 0 Å². The van der Waals surface area contributed by atoms with Crippen molar-refractivity contribution in [2.45, 2.75) is 18.9 Å². The summed E-state index contributed by atoms with van der Waals surface area (Å²) in [6.45, 7) is 2.22. The quantitative estimate of drug-likeness (QED) is 0.770. The van der Waals surface area contributed by atoms with Crippen molar-refractivity contribution < 1.29 is 18.0 Å². The molecule has 2 heterocycles. The molecular weight excluding hydrogens is 414 g/mol. The van der Waals surface area contributed by atoms with Gasteiger partial charge in [0.25, 0.3) is 5.91 Å². The molecule has 0 bridgehead atoms. The van der Waals surface area contributed by atoms with Crippen LogP contribution in [-0.4, -0.2) is 67.7 Å². The van der Waals surface area contributed by atoms with Crippen molar-refractivity contribution in [3.8, 4) is 0 Å². The topological polar surface area (TPSA) is 86.8 Å². The molecule has 4 rings (SSSR count). The average Bonchev–Trinajstić information content (AvgIpc) is 3.31. The Morgan fingerprint density at radius 3 is 2.06 bits per heavy atom. The molecule has 1 N–H and O–H groups in total. The number of benzene rings is 2. The lowest BCUT2D eigenvalue weighted by Crippen LogP contribution is -2.46. The molecule has 2 aliphatic heterocycles. The van der Waals surface area contributed by atoms with Crippen molar-refractivity contribution in [2.75, 3.05) is 43.0 Å². The average molecular weight is 442 g/mol. The van der Waals surface area contributed by atoms with Gasteiger partial charge in [-0.1, -0.05) is 30.3 Å². The standard InChI is InChI=1S/C23H27N3O4S/c27-22(24-20-10-8-19(9-11-20)23(28)26-12-4-5-13-26)21(18-6-2-1-3-7-18)25-14-16-31(29,30)17-15-25/h1-3,6-11,21H,4-5,12-17H2,(H,24,27). The number of hydrogen-bond acceptors (Lipinski definition) is 5. The van der Waals surface area contributed by atoms with E-state index in [4.69, 9.17) is 0 Å². The number of rotatable bonds is 5. The van der Waals surface area contributed by atoms with Crippen LogP contribution < -0.4 is 5.32 Å². The molecule has 2 aliphatic rings. The molecule has 7 nitrogen and oxygen atoms in total. The van der Waals surface area contributed by atoms with Crippen LogP contribution in [0.15, 0.2) is 54.6 Å². The highest BCUT2D eigenvalue weighted by atomic mass is 32.2. The molecule has 164 valence electrons. The lowest BCUT2D eigenvalue weighted by Gasteiger charge is -2.33. The van der Waals surface area contributed by atoms with Crippen LogP contribution in [0.5, 0.6) is 0 Å². The number of sulfone groups is 1. The van der Waals surface area contributed by atoms with E-state index >= 15 is 0 Å². The van der Waals surface area contributed by atoms with E-state index in [1.807, 2.05) is 40.1 Å². The predicted octanol–water partition coefficient (Wildman–Crippen LogP) is 2.33. The highest BCUT2D eigenvalue weighted by Crippen LogP contribution is 2.25. The number of nitrogens with zero attached hydrogens (tertiary/aromatic N) is 2. The molecule has 8 heteroatoms.